The summed E-state index contributed by atoms with van der Waals surface area (Å²) in [6, 6.07) is 16.8. The summed E-state index contributed by atoms with van der Waals surface area (Å²) in [4.78, 5) is 6.41. The highest BCUT2D eigenvalue weighted by Crippen LogP contribution is 2.30. The van der Waals surface area contributed by atoms with Gasteiger partial charge in [0.2, 0.25) is 5.89 Å². The zero-order valence-corrected chi connectivity index (χ0v) is 17.6. The minimum Gasteiger partial charge on any atom is -0.415 e. The number of quaternary nitrogens is 1. The lowest BCUT2D eigenvalue weighted by atomic mass is 9.97. The summed E-state index contributed by atoms with van der Waals surface area (Å²) < 4.78 is 7.35. The van der Waals surface area contributed by atoms with Gasteiger partial charge >= 0.3 is 0 Å². The van der Waals surface area contributed by atoms with Crippen molar-refractivity contribution in [1.29, 1.82) is 0 Å². The van der Waals surface area contributed by atoms with Gasteiger partial charge in [0, 0.05) is 5.56 Å². The number of nitrogens with one attached hydrogen (secondary N) is 1. The minimum atomic E-state index is 0.179. The molecule has 0 radical (unpaired) electrons. The van der Waals surface area contributed by atoms with Crippen LogP contribution in [0.15, 0.2) is 52.9 Å². The monoisotopic (exact) mass is 405 g/mol. The fourth-order valence-electron chi connectivity index (χ4n) is 4.24. The first kappa shape index (κ1) is 18.5. The number of aromatic nitrogens is 3. The molecule has 29 heavy (non-hydrogen) atoms. The van der Waals surface area contributed by atoms with Crippen LogP contribution in [0.5, 0.6) is 0 Å². The molecule has 0 saturated carbocycles. The minimum absolute atomic E-state index is 0.179. The Labute approximate surface area is 174 Å². The van der Waals surface area contributed by atoms with E-state index in [0.717, 1.165) is 30.1 Å². The van der Waals surface area contributed by atoms with Crippen LogP contribution in [-0.4, -0.2) is 28.3 Å². The van der Waals surface area contributed by atoms with Gasteiger partial charge in [0.05, 0.1) is 29.2 Å². The summed E-state index contributed by atoms with van der Waals surface area (Å²) in [6.07, 6.45) is 2.40. The molecule has 5 rings (SSSR count). The van der Waals surface area contributed by atoms with E-state index in [2.05, 4.69) is 60.4 Å². The van der Waals surface area contributed by atoms with E-state index in [-0.39, 0.29) is 6.04 Å². The molecule has 0 spiro atoms. The molecule has 148 valence electrons. The molecule has 1 saturated heterocycles. The molecule has 1 aliphatic rings. The molecule has 0 aliphatic carbocycles. The van der Waals surface area contributed by atoms with Gasteiger partial charge in [-0.2, -0.15) is 0 Å². The summed E-state index contributed by atoms with van der Waals surface area (Å²) in [5.41, 5.74) is 3.29. The molecular formula is C23H25N4OS+. The quantitative estimate of drug-likeness (QED) is 0.553. The lowest BCUT2D eigenvalue weighted by molar-refractivity contribution is -0.937. The Balaban J connectivity index is 1.34. The van der Waals surface area contributed by atoms with Crippen molar-refractivity contribution < 1.29 is 9.32 Å². The highest BCUT2D eigenvalue weighted by Gasteiger charge is 2.33. The van der Waals surface area contributed by atoms with E-state index in [4.69, 9.17) is 9.40 Å². The van der Waals surface area contributed by atoms with Gasteiger partial charge in [-0.25, -0.2) is 4.98 Å². The van der Waals surface area contributed by atoms with E-state index in [1.165, 1.54) is 33.0 Å². The van der Waals surface area contributed by atoms with Crippen molar-refractivity contribution in [3.05, 3.63) is 65.0 Å². The summed E-state index contributed by atoms with van der Waals surface area (Å²) >= 11 is 1.84. The zero-order chi connectivity index (χ0) is 19.8. The Morgan fingerprint density at radius 2 is 2.03 bits per heavy atom. The number of hydrogen-bond acceptors (Lipinski definition) is 5. The molecule has 2 aromatic heterocycles. The van der Waals surface area contributed by atoms with Gasteiger partial charge in [-0.1, -0.05) is 29.8 Å². The van der Waals surface area contributed by atoms with E-state index in [1.807, 2.05) is 23.5 Å². The lowest BCUT2D eigenvalue weighted by Gasteiger charge is -2.31. The van der Waals surface area contributed by atoms with Gasteiger partial charge in [0.1, 0.15) is 5.01 Å². The van der Waals surface area contributed by atoms with Gasteiger partial charge in [-0.15, -0.1) is 21.5 Å². The summed E-state index contributed by atoms with van der Waals surface area (Å²) in [5.74, 6) is 1.83. The molecule has 0 bridgehead atoms. The standard InChI is InChI=1S/C23H24N4OS/c1-15-7-5-8-17(13-15)22-26-25-21(28-22)16(2)27-12-6-9-18(14-27)23-24-19-10-3-4-11-20(19)29-23/h3-5,7-8,10-11,13,16,18H,6,9,12,14H2,1-2H3/p+1/t16-,18-/m0/s1. The third kappa shape index (κ3) is 3.70. The third-order valence-corrected chi connectivity index (χ3v) is 7.11. The number of fused-ring (bicyclic) bond motifs is 1. The van der Waals surface area contributed by atoms with Crippen LogP contribution in [-0.2, 0) is 0 Å². The Morgan fingerprint density at radius 1 is 1.14 bits per heavy atom. The predicted molar refractivity (Wildman–Crippen MR) is 115 cm³/mol. The number of rotatable bonds is 4. The fourth-order valence-corrected chi connectivity index (χ4v) is 5.35. The van der Waals surface area contributed by atoms with Crippen LogP contribution in [0.1, 0.15) is 48.2 Å². The average molecular weight is 406 g/mol. The number of para-hydroxylation sites is 1. The normalized spacial score (nSPS) is 20.8. The van der Waals surface area contributed by atoms with Gasteiger partial charge in [0.25, 0.3) is 5.89 Å². The highest BCUT2D eigenvalue weighted by molar-refractivity contribution is 7.18. The van der Waals surface area contributed by atoms with E-state index in [1.54, 1.807) is 0 Å². The number of likely N-dealkylation sites (tertiary alicyclic amines) is 1. The van der Waals surface area contributed by atoms with Crippen LogP contribution >= 0.6 is 11.3 Å². The number of piperidine rings is 1. The van der Waals surface area contributed by atoms with Crippen molar-refractivity contribution >= 4 is 21.6 Å². The van der Waals surface area contributed by atoms with Crippen molar-refractivity contribution in [3.8, 4) is 11.5 Å². The van der Waals surface area contributed by atoms with Crippen LogP contribution in [0.2, 0.25) is 0 Å². The number of hydrogen-bond donors (Lipinski definition) is 1. The molecule has 3 heterocycles. The second-order valence-corrected chi connectivity index (χ2v) is 9.07. The Kier molecular flexibility index (Phi) is 4.89. The first-order valence-corrected chi connectivity index (χ1v) is 11.1. The summed E-state index contributed by atoms with van der Waals surface area (Å²) in [7, 11) is 0. The Bertz CT molecular complexity index is 1100. The Hall–Kier alpha value is -2.57. The number of thiazole rings is 1. The molecule has 1 fully saturated rings. The van der Waals surface area contributed by atoms with Gasteiger partial charge < -0.3 is 9.32 Å². The summed E-state index contributed by atoms with van der Waals surface area (Å²) in [6.45, 7) is 6.46. The van der Waals surface area contributed by atoms with Crippen molar-refractivity contribution in [1.82, 2.24) is 15.2 Å². The molecule has 3 atom stereocenters. The number of nitrogens with zero attached hydrogens (tertiary/aromatic N) is 3. The predicted octanol–water partition coefficient (Wildman–Crippen LogP) is 4.18. The lowest BCUT2D eigenvalue weighted by Crippen LogP contribution is -3.13. The molecule has 0 amide bonds. The second-order valence-electron chi connectivity index (χ2n) is 8.01. The van der Waals surface area contributed by atoms with Crippen LogP contribution in [0.4, 0.5) is 0 Å². The van der Waals surface area contributed by atoms with Crippen molar-refractivity contribution in [2.75, 3.05) is 13.1 Å². The maximum atomic E-state index is 6.07. The van der Waals surface area contributed by atoms with Gasteiger partial charge in [-0.05, 0) is 51.0 Å². The van der Waals surface area contributed by atoms with Crippen LogP contribution in [0.3, 0.4) is 0 Å². The molecule has 4 aromatic rings. The first-order valence-electron chi connectivity index (χ1n) is 10.3. The van der Waals surface area contributed by atoms with Crippen molar-refractivity contribution in [2.45, 2.75) is 38.6 Å². The molecule has 1 N–H and O–H groups in total. The first-order chi connectivity index (χ1) is 14.2. The largest absolute Gasteiger partial charge is 0.415 e. The topological polar surface area (TPSA) is 56.2 Å². The van der Waals surface area contributed by atoms with E-state index in [0.29, 0.717) is 11.8 Å². The molecule has 1 aliphatic heterocycles. The maximum Gasteiger partial charge on any atom is 0.274 e. The van der Waals surface area contributed by atoms with Crippen LogP contribution in [0, 0.1) is 6.92 Å². The van der Waals surface area contributed by atoms with E-state index < -0.39 is 0 Å². The molecule has 2 aromatic carbocycles. The molecule has 6 heteroatoms. The highest BCUT2D eigenvalue weighted by atomic mass is 32.1. The van der Waals surface area contributed by atoms with Gasteiger partial charge in [-0.3, -0.25) is 0 Å². The Morgan fingerprint density at radius 3 is 2.90 bits per heavy atom. The smallest absolute Gasteiger partial charge is 0.274 e. The van der Waals surface area contributed by atoms with E-state index >= 15 is 0 Å². The van der Waals surface area contributed by atoms with E-state index in [9.17, 15) is 0 Å². The van der Waals surface area contributed by atoms with Crippen molar-refractivity contribution in [3.63, 3.8) is 0 Å². The van der Waals surface area contributed by atoms with Crippen molar-refractivity contribution in [2.24, 2.45) is 0 Å². The van der Waals surface area contributed by atoms with Crippen LogP contribution < -0.4 is 4.90 Å². The average Bonchev–Trinajstić information content (AvgIpc) is 3.41. The third-order valence-electron chi connectivity index (χ3n) is 5.91. The molecular weight excluding hydrogens is 380 g/mol. The van der Waals surface area contributed by atoms with Crippen LogP contribution in [0.25, 0.3) is 21.7 Å². The molecule has 1 unspecified atom stereocenters. The second kappa shape index (κ2) is 7.69. The SMILES string of the molecule is Cc1cccc(-c2nnc([C@H](C)[NH+]3CCC[C@H](c4nc5ccccc5s4)C3)o2)c1. The maximum absolute atomic E-state index is 6.07. The fraction of sp³-hybridized carbons (Fsp3) is 0.348. The summed E-state index contributed by atoms with van der Waals surface area (Å²) in [5, 5.41) is 9.95. The van der Waals surface area contributed by atoms with Gasteiger partial charge in [0.15, 0.2) is 6.04 Å². The number of benzene rings is 2. The molecule has 5 nitrogen and oxygen atoms in total. The number of aryl methyl sites for hydroxylation is 1. The zero-order valence-electron chi connectivity index (χ0n) is 16.8.